The Morgan fingerprint density at radius 2 is 1.88 bits per heavy atom. The van der Waals surface area contributed by atoms with Crippen LogP contribution in [0.4, 0.5) is 13.2 Å². The molecule has 0 bridgehead atoms. The molecule has 0 saturated heterocycles. The number of allylic oxidation sites excluding steroid dienone is 4. The van der Waals surface area contributed by atoms with E-state index in [1.54, 1.807) is 11.8 Å². The maximum absolute atomic E-state index is 14.6. The zero-order chi connectivity index (χ0) is 17.9. The highest BCUT2D eigenvalue weighted by molar-refractivity contribution is 8.03. The van der Waals surface area contributed by atoms with Crippen molar-refractivity contribution in [3.05, 3.63) is 57.0 Å². The first kappa shape index (κ1) is 16.8. The Bertz CT molecular complexity index is 856. The lowest BCUT2D eigenvalue weighted by Crippen LogP contribution is -2.39. The van der Waals surface area contributed by atoms with E-state index in [9.17, 15) is 18.0 Å². The van der Waals surface area contributed by atoms with Gasteiger partial charge in [-0.25, -0.2) is 13.2 Å². The lowest BCUT2D eigenvalue weighted by molar-refractivity contribution is -0.124. The fraction of sp³-hybridized carbons (Fsp3) is 0.421. The number of benzene rings is 1. The second-order valence-corrected chi connectivity index (χ2v) is 8.51. The van der Waals surface area contributed by atoms with Crippen LogP contribution < -0.4 is 5.32 Å². The molecule has 25 heavy (non-hydrogen) atoms. The van der Waals surface area contributed by atoms with E-state index >= 15 is 0 Å². The molecule has 1 aliphatic carbocycles. The highest BCUT2D eigenvalue weighted by Crippen LogP contribution is 2.52. The number of halogens is 3. The first-order valence-corrected chi connectivity index (χ1v) is 9.34. The molecule has 1 aromatic carbocycles. The number of rotatable bonds is 1. The molecule has 4 rings (SSSR count). The molecule has 132 valence electrons. The van der Waals surface area contributed by atoms with E-state index in [4.69, 9.17) is 0 Å². The van der Waals surface area contributed by atoms with Gasteiger partial charge >= 0.3 is 0 Å². The van der Waals surface area contributed by atoms with Crippen molar-refractivity contribution < 1.29 is 18.0 Å². The number of Topliss-reactive ketones (excluding diaryl/α,β-unsaturated/α-hetero) is 1. The second-order valence-electron chi connectivity index (χ2n) is 7.37. The zero-order valence-electron chi connectivity index (χ0n) is 14.0. The Morgan fingerprint density at radius 3 is 2.64 bits per heavy atom. The molecule has 0 spiro atoms. The summed E-state index contributed by atoms with van der Waals surface area (Å²) in [5.41, 5.74) is 1.79. The van der Waals surface area contributed by atoms with Gasteiger partial charge < -0.3 is 5.32 Å². The van der Waals surface area contributed by atoms with Crippen LogP contribution in [-0.4, -0.2) is 11.5 Å². The first-order chi connectivity index (χ1) is 11.8. The minimum absolute atomic E-state index is 0.0425. The van der Waals surface area contributed by atoms with Crippen molar-refractivity contribution in [1.29, 1.82) is 0 Å². The number of carbonyl (C=O) groups is 1. The van der Waals surface area contributed by atoms with Crippen molar-refractivity contribution in [3.63, 3.8) is 0 Å². The molecule has 2 nitrogen and oxygen atoms in total. The van der Waals surface area contributed by atoms with E-state index in [1.807, 2.05) is 13.8 Å². The summed E-state index contributed by atoms with van der Waals surface area (Å²) in [6.07, 6.45) is 2.20. The average molecular weight is 365 g/mol. The molecule has 1 N–H and O–H groups in total. The van der Waals surface area contributed by atoms with Crippen LogP contribution in [0.15, 0.2) is 34.0 Å². The quantitative estimate of drug-likeness (QED) is 0.726. The van der Waals surface area contributed by atoms with E-state index in [1.165, 1.54) is 6.07 Å². The van der Waals surface area contributed by atoms with Crippen LogP contribution in [0.5, 0.6) is 0 Å². The molecule has 6 heteroatoms. The minimum atomic E-state index is -1.48. The van der Waals surface area contributed by atoms with Crippen LogP contribution in [0, 0.1) is 22.9 Å². The molecule has 0 amide bonds. The van der Waals surface area contributed by atoms with E-state index in [-0.39, 0.29) is 11.3 Å². The summed E-state index contributed by atoms with van der Waals surface area (Å²) in [7, 11) is 0. The van der Waals surface area contributed by atoms with Crippen molar-refractivity contribution in [3.8, 4) is 0 Å². The van der Waals surface area contributed by atoms with E-state index in [0.29, 0.717) is 18.4 Å². The van der Waals surface area contributed by atoms with Crippen molar-refractivity contribution in [2.24, 2.45) is 5.41 Å². The van der Waals surface area contributed by atoms with Crippen LogP contribution in [0.25, 0.3) is 0 Å². The van der Waals surface area contributed by atoms with Gasteiger partial charge in [0.2, 0.25) is 0 Å². The summed E-state index contributed by atoms with van der Waals surface area (Å²) in [6.45, 7) is 3.76. The smallest absolute Gasteiger partial charge is 0.194 e. The molecule has 0 fully saturated rings. The number of hydrogen-bond acceptors (Lipinski definition) is 3. The first-order valence-electron chi connectivity index (χ1n) is 8.35. The number of nitrogens with one attached hydrogen (secondary N) is 1. The monoisotopic (exact) mass is 365 g/mol. The number of hydrogen-bond donors (Lipinski definition) is 1. The zero-order valence-corrected chi connectivity index (χ0v) is 14.8. The van der Waals surface area contributed by atoms with E-state index in [2.05, 4.69) is 5.32 Å². The number of dihydropyridines is 1. The fourth-order valence-corrected chi connectivity index (χ4v) is 5.12. The van der Waals surface area contributed by atoms with Crippen LogP contribution >= 0.6 is 11.8 Å². The number of thioether (sulfide) groups is 1. The van der Waals surface area contributed by atoms with Gasteiger partial charge in [-0.15, -0.1) is 11.8 Å². The Labute approximate surface area is 148 Å². The summed E-state index contributed by atoms with van der Waals surface area (Å²) in [4.78, 5) is 14.0. The van der Waals surface area contributed by atoms with Gasteiger partial charge in [-0.2, -0.15) is 0 Å². The van der Waals surface area contributed by atoms with Crippen molar-refractivity contribution in [2.75, 3.05) is 5.75 Å². The average Bonchev–Trinajstić information content (AvgIpc) is 3.03. The van der Waals surface area contributed by atoms with Crippen molar-refractivity contribution >= 4 is 17.5 Å². The third-order valence-electron chi connectivity index (χ3n) is 5.32. The summed E-state index contributed by atoms with van der Waals surface area (Å²) in [6, 6.07) is 2.21. The Kier molecular flexibility index (Phi) is 3.79. The van der Waals surface area contributed by atoms with Crippen LogP contribution in [0.3, 0.4) is 0 Å². The minimum Gasteiger partial charge on any atom is -0.361 e. The van der Waals surface area contributed by atoms with Gasteiger partial charge in [0.25, 0.3) is 0 Å². The van der Waals surface area contributed by atoms with E-state index < -0.39 is 28.8 Å². The number of carbonyl (C=O) groups excluding carboxylic acids is 1. The van der Waals surface area contributed by atoms with E-state index in [0.717, 1.165) is 34.5 Å². The SMILES string of the molecule is CC1(C)CCC2=C(C1=O)C(c1ccc(F)c(F)c1F)C1=C(CCS1)N2. The van der Waals surface area contributed by atoms with Crippen LogP contribution in [0.2, 0.25) is 0 Å². The molecule has 0 radical (unpaired) electrons. The molecule has 0 aromatic heterocycles. The normalized spacial score (nSPS) is 25.0. The molecule has 2 aliphatic heterocycles. The molecule has 1 atom stereocenters. The third-order valence-corrected chi connectivity index (χ3v) is 6.52. The lowest BCUT2D eigenvalue weighted by Gasteiger charge is -2.39. The van der Waals surface area contributed by atoms with Gasteiger partial charge in [0.05, 0.1) is 0 Å². The molecule has 3 aliphatic rings. The summed E-state index contributed by atoms with van der Waals surface area (Å²) < 4.78 is 41.9. The number of ketones is 1. The second kappa shape index (κ2) is 5.66. The Morgan fingerprint density at radius 1 is 1.12 bits per heavy atom. The Hall–Kier alpha value is -1.69. The molecule has 1 aromatic rings. The van der Waals surface area contributed by atoms with Crippen molar-refractivity contribution in [2.45, 2.75) is 39.0 Å². The summed E-state index contributed by atoms with van der Waals surface area (Å²) in [5, 5.41) is 3.36. The van der Waals surface area contributed by atoms with Gasteiger partial charge in [0, 0.05) is 44.5 Å². The van der Waals surface area contributed by atoms with Crippen LogP contribution in [-0.2, 0) is 4.79 Å². The predicted octanol–water partition coefficient (Wildman–Crippen LogP) is 4.78. The fourth-order valence-electron chi connectivity index (χ4n) is 3.85. The van der Waals surface area contributed by atoms with Gasteiger partial charge in [0.1, 0.15) is 0 Å². The van der Waals surface area contributed by atoms with Gasteiger partial charge in [0.15, 0.2) is 23.2 Å². The van der Waals surface area contributed by atoms with Gasteiger partial charge in [-0.05, 0) is 25.3 Å². The lowest BCUT2D eigenvalue weighted by atomic mass is 9.69. The van der Waals surface area contributed by atoms with Gasteiger partial charge in [-0.3, -0.25) is 4.79 Å². The molecule has 1 unspecified atom stereocenters. The molecule has 2 heterocycles. The van der Waals surface area contributed by atoms with Crippen molar-refractivity contribution in [1.82, 2.24) is 5.32 Å². The third kappa shape index (κ3) is 2.45. The Balaban J connectivity index is 1.93. The molecule has 0 saturated carbocycles. The predicted molar refractivity (Wildman–Crippen MR) is 91.3 cm³/mol. The maximum atomic E-state index is 14.6. The summed E-state index contributed by atoms with van der Waals surface area (Å²) >= 11 is 1.55. The molecular formula is C19H18F3NOS. The van der Waals surface area contributed by atoms with Crippen LogP contribution in [0.1, 0.15) is 44.6 Å². The molecular weight excluding hydrogens is 347 g/mol. The highest BCUT2D eigenvalue weighted by atomic mass is 32.2. The summed E-state index contributed by atoms with van der Waals surface area (Å²) in [5.74, 6) is -3.76. The van der Waals surface area contributed by atoms with Gasteiger partial charge in [-0.1, -0.05) is 19.9 Å². The topological polar surface area (TPSA) is 29.1 Å². The largest absolute Gasteiger partial charge is 0.361 e. The highest BCUT2D eigenvalue weighted by Gasteiger charge is 2.45. The maximum Gasteiger partial charge on any atom is 0.194 e. The standard InChI is InChI=1S/C19H18F3NOS/c1-19(2)7-5-11-14(18(19)24)13(17-12(23-11)6-8-25-17)9-3-4-10(20)16(22)15(9)21/h3-4,13,23H,5-8H2,1-2H3.